The van der Waals surface area contributed by atoms with Crippen molar-refractivity contribution in [3.63, 3.8) is 0 Å². The molecule has 1 unspecified atom stereocenters. The lowest BCUT2D eigenvalue weighted by molar-refractivity contribution is 0.584. The summed E-state index contributed by atoms with van der Waals surface area (Å²) in [5, 5.41) is 0. The molecule has 0 aromatic rings. The smallest absolute Gasteiger partial charge is 0.0230 e. The molecule has 1 aliphatic rings. The molecule has 44 valence electrons. The molecule has 0 aromatic heterocycles. The summed E-state index contributed by atoms with van der Waals surface area (Å²) < 4.78 is 0. The molecule has 0 saturated heterocycles. The normalized spacial score (nSPS) is 26.9. The largest absolute Gasteiger partial charge is 0.0882 e. The highest BCUT2D eigenvalue weighted by Crippen LogP contribution is 2.20. The summed E-state index contributed by atoms with van der Waals surface area (Å²) in [6, 6.07) is 0. The van der Waals surface area contributed by atoms with Crippen LogP contribution in [0, 0.1) is 12.8 Å². The van der Waals surface area contributed by atoms with Crippen molar-refractivity contribution in [3.8, 4) is 0 Å². The summed E-state index contributed by atoms with van der Waals surface area (Å²) in [4.78, 5) is 0. The molecule has 0 amide bonds. The van der Waals surface area contributed by atoms with Gasteiger partial charge < -0.3 is 0 Å². The number of hydrogen-bond acceptors (Lipinski definition) is 0. The lowest BCUT2D eigenvalue weighted by Gasteiger charge is -2.01. The van der Waals surface area contributed by atoms with E-state index in [1.54, 1.807) is 0 Å². The third-order valence-corrected chi connectivity index (χ3v) is 1.65. The van der Waals surface area contributed by atoms with E-state index < -0.39 is 0 Å². The van der Waals surface area contributed by atoms with Crippen LogP contribution < -0.4 is 0 Å². The molecule has 8 heavy (non-hydrogen) atoms. The Morgan fingerprint density at radius 1 is 1.62 bits per heavy atom. The van der Waals surface area contributed by atoms with E-state index in [0.29, 0.717) is 0 Å². The van der Waals surface area contributed by atoms with E-state index in [-0.39, 0.29) is 0 Å². The van der Waals surface area contributed by atoms with Crippen molar-refractivity contribution in [1.29, 1.82) is 0 Å². The van der Waals surface area contributed by atoms with Crippen LogP contribution in [0.2, 0.25) is 0 Å². The first kappa shape index (κ1) is 5.87. The number of rotatable bonds is 2. The maximum absolute atomic E-state index is 5.37. The second-order valence-corrected chi connectivity index (χ2v) is 2.34. The molecule has 0 bridgehead atoms. The van der Waals surface area contributed by atoms with Gasteiger partial charge in [0, 0.05) is 0 Å². The predicted molar refractivity (Wildman–Crippen MR) is 35.4 cm³/mol. The minimum Gasteiger partial charge on any atom is -0.0882 e. The molecule has 0 fully saturated rings. The molecule has 0 saturated carbocycles. The van der Waals surface area contributed by atoms with Gasteiger partial charge in [0.1, 0.15) is 0 Å². The van der Waals surface area contributed by atoms with E-state index in [1.165, 1.54) is 19.3 Å². The number of allylic oxidation sites excluding steroid dienone is 2. The molecule has 1 atom stereocenters. The molecule has 1 rings (SSSR count). The quantitative estimate of drug-likeness (QED) is 0.476. The molecule has 0 aromatic carbocycles. The number of hydrogen-bond donors (Lipinski definition) is 0. The van der Waals surface area contributed by atoms with Gasteiger partial charge in [0.15, 0.2) is 0 Å². The maximum Gasteiger partial charge on any atom is -0.0230 e. The fraction of sp³-hybridized carbons (Fsp3) is 0.625. The second kappa shape index (κ2) is 2.91. The fourth-order valence-corrected chi connectivity index (χ4v) is 1.15. The molecule has 0 N–H and O–H groups in total. The van der Waals surface area contributed by atoms with Crippen molar-refractivity contribution in [3.05, 3.63) is 19.1 Å². The third kappa shape index (κ3) is 1.36. The molecule has 0 spiro atoms. The van der Waals surface area contributed by atoms with Crippen LogP contribution >= 0.6 is 0 Å². The molecule has 0 heterocycles. The SMILES string of the molecule is [CH]CCC1C=CCC1. The Bertz CT molecular complexity index is 82.0. The van der Waals surface area contributed by atoms with Gasteiger partial charge in [0.05, 0.1) is 0 Å². The summed E-state index contributed by atoms with van der Waals surface area (Å²) in [7, 11) is 0. The average Bonchev–Trinajstić information content (AvgIpc) is 2.19. The molecule has 0 heteroatoms. The fourth-order valence-electron chi connectivity index (χ4n) is 1.15. The first-order chi connectivity index (χ1) is 3.93. The zero-order valence-electron chi connectivity index (χ0n) is 5.14. The van der Waals surface area contributed by atoms with Crippen LogP contribution in [0.3, 0.4) is 0 Å². The van der Waals surface area contributed by atoms with E-state index in [0.717, 1.165) is 12.3 Å². The van der Waals surface area contributed by atoms with Crippen LogP contribution in [0.15, 0.2) is 12.2 Å². The Hall–Kier alpha value is -0.260. The molecular formula is C8H12. The van der Waals surface area contributed by atoms with Gasteiger partial charge in [-0.2, -0.15) is 0 Å². The first-order valence-corrected chi connectivity index (χ1v) is 3.30. The monoisotopic (exact) mass is 108 g/mol. The molecular weight excluding hydrogens is 96.1 g/mol. The lowest BCUT2D eigenvalue weighted by atomic mass is 10.0. The second-order valence-electron chi connectivity index (χ2n) is 2.34. The zero-order valence-corrected chi connectivity index (χ0v) is 5.14. The molecule has 1 aliphatic carbocycles. The maximum atomic E-state index is 5.37. The van der Waals surface area contributed by atoms with Gasteiger partial charge in [-0.05, 0) is 38.5 Å². The van der Waals surface area contributed by atoms with Gasteiger partial charge in [0.2, 0.25) is 0 Å². The van der Waals surface area contributed by atoms with Crippen LogP contribution in [0.25, 0.3) is 0 Å². The van der Waals surface area contributed by atoms with Crippen LogP contribution in [0.5, 0.6) is 0 Å². The van der Waals surface area contributed by atoms with Gasteiger partial charge >= 0.3 is 0 Å². The minimum atomic E-state index is 0.806. The molecule has 0 nitrogen and oxygen atoms in total. The van der Waals surface area contributed by atoms with Gasteiger partial charge in [-0.3, -0.25) is 0 Å². The van der Waals surface area contributed by atoms with Crippen molar-refractivity contribution < 1.29 is 0 Å². The van der Waals surface area contributed by atoms with Gasteiger partial charge in [-0.1, -0.05) is 12.2 Å². The van der Waals surface area contributed by atoms with Crippen molar-refractivity contribution in [1.82, 2.24) is 0 Å². The van der Waals surface area contributed by atoms with Crippen molar-refractivity contribution in [2.45, 2.75) is 25.7 Å². The molecule has 2 radical (unpaired) electrons. The van der Waals surface area contributed by atoms with E-state index in [4.69, 9.17) is 6.92 Å². The van der Waals surface area contributed by atoms with Crippen LogP contribution in [-0.2, 0) is 0 Å². The highest BCUT2D eigenvalue weighted by atomic mass is 14.1. The third-order valence-electron chi connectivity index (χ3n) is 1.65. The van der Waals surface area contributed by atoms with E-state index >= 15 is 0 Å². The van der Waals surface area contributed by atoms with Crippen molar-refractivity contribution in [2.24, 2.45) is 5.92 Å². The Morgan fingerprint density at radius 2 is 2.50 bits per heavy atom. The van der Waals surface area contributed by atoms with E-state index in [9.17, 15) is 0 Å². The van der Waals surface area contributed by atoms with Gasteiger partial charge in [-0.25, -0.2) is 0 Å². The van der Waals surface area contributed by atoms with E-state index in [2.05, 4.69) is 12.2 Å². The Morgan fingerprint density at radius 3 is 3.00 bits per heavy atom. The standard InChI is InChI=1S/C8H12/c1-2-5-8-6-3-4-7-8/h1,3,6,8H,2,4-5,7H2. The van der Waals surface area contributed by atoms with Crippen LogP contribution in [0.4, 0.5) is 0 Å². The van der Waals surface area contributed by atoms with Crippen molar-refractivity contribution in [2.75, 3.05) is 0 Å². The highest BCUT2D eigenvalue weighted by molar-refractivity contribution is 4.95. The predicted octanol–water partition coefficient (Wildman–Crippen LogP) is 2.44. The summed E-state index contributed by atoms with van der Waals surface area (Å²) in [6.07, 6.45) is 9.15. The molecule has 0 aliphatic heterocycles. The minimum absolute atomic E-state index is 0.806. The highest BCUT2D eigenvalue weighted by Gasteiger charge is 2.05. The first-order valence-electron chi connectivity index (χ1n) is 3.30. The Kier molecular flexibility index (Phi) is 2.13. The average molecular weight is 108 g/mol. The Labute approximate surface area is 51.6 Å². The summed E-state index contributed by atoms with van der Waals surface area (Å²) in [5.41, 5.74) is 0. The Balaban J connectivity index is 2.16. The van der Waals surface area contributed by atoms with Gasteiger partial charge in [0.25, 0.3) is 0 Å². The summed E-state index contributed by atoms with van der Waals surface area (Å²) >= 11 is 0. The lowest BCUT2D eigenvalue weighted by Crippen LogP contribution is -1.88. The van der Waals surface area contributed by atoms with Crippen LogP contribution in [0.1, 0.15) is 25.7 Å². The summed E-state index contributed by atoms with van der Waals surface area (Å²) in [5.74, 6) is 0.806. The topological polar surface area (TPSA) is 0 Å². The van der Waals surface area contributed by atoms with Gasteiger partial charge in [-0.15, -0.1) is 0 Å². The van der Waals surface area contributed by atoms with E-state index in [1.807, 2.05) is 0 Å². The zero-order chi connectivity index (χ0) is 5.82. The van der Waals surface area contributed by atoms with Crippen molar-refractivity contribution >= 4 is 0 Å². The van der Waals surface area contributed by atoms with Crippen LogP contribution in [-0.4, -0.2) is 0 Å². The summed E-state index contributed by atoms with van der Waals surface area (Å²) in [6.45, 7) is 5.37.